The monoisotopic (exact) mass is 471 g/mol. The third kappa shape index (κ3) is 7.37. The van der Waals surface area contributed by atoms with Gasteiger partial charge in [0.2, 0.25) is 0 Å². The lowest BCUT2D eigenvalue weighted by Crippen LogP contribution is -2.37. The van der Waals surface area contributed by atoms with E-state index in [1.165, 1.54) is 5.56 Å². The van der Waals surface area contributed by atoms with Gasteiger partial charge in [-0.25, -0.2) is 0 Å². The normalized spacial score (nSPS) is 12.4. The minimum Gasteiger partial charge on any atom is -0.466 e. The van der Waals surface area contributed by atoms with Crippen LogP contribution >= 0.6 is 24.0 Å². The van der Waals surface area contributed by atoms with Crippen LogP contribution in [0.1, 0.15) is 42.1 Å². The Morgan fingerprint density at radius 1 is 1.19 bits per heavy atom. The summed E-state index contributed by atoms with van der Waals surface area (Å²) >= 11 is 0. The van der Waals surface area contributed by atoms with E-state index < -0.39 is 0 Å². The molecule has 0 spiro atoms. The van der Waals surface area contributed by atoms with Crippen LogP contribution in [0.2, 0.25) is 0 Å². The highest BCUT2D eigenvalue weighted by Crippen LogP contribution is 2.15. The second-order valence-electron chi connectivity index (χ2n) is 6.07. The number of hydrogen-bond donors (Lipinski definition) is 2. The number of guanidine groups is 1. The molecule has 1 unspecified atom stereocenters. The van der Waals surface area contributed by atoms with E-state index in [1.54, 1.807) is 7.05 Å². The molecule has 1 aromatic heterocycles. The largest absolute Gasteiger partial charge is 0.466 e. The highest BCUT2D eigenvalue weighted by atomic mass is 127. The average molecular weight is 471 g/mol. The van der Waals surface area contributed by atoms with E-state index in [-0.39, 0.29) is 30.1 Å². The Hall–Kier alpha value is -1.54. The van der Waals surface area contributed by atoms with Crippen molar-refractivity contribution in [3.05, 3.63) is 59.0 Å². The molecule has 0 aliphatic carbocycles. The first kappa shape index (κ1) is 22.5. The first-order valence-corrected chi connectivity index (χ1v) is 8.77. The van der Waals surface area contributed by atoms with E-state index in [9.17, 15) is 0 Å². The summed E-state index contributed by atoms with van der Waals surface area (Å²) in [7, 11) is 1.77. The van der Waals surface area contributed by atoms with E-state index in [0.717, 1.165) is 36.0 Å². The molecule has 0 fully saturated rings. The third-order valence-corrected chi connectivity index (χ3v) is 4.06. The van der Waals surface area contributed by atoms with E-state index in [4.69, 9.17) is 9.15 Å². The van der Waals surface area contributed by atoms with Crippen molar-refractivity contribution < 1.29 is 9.15 Å². The fourth-order valence-electron chi connectivity index (χ4n) is 2.62. The standard InChI is InChI=1S/C20H29N3O2.HI/c1-15-13-19(17(3)25-15)14-23-20(21-4)22-11-8-12-24-16(2)18-9-6-5-7-10-18;/h5-7,9-10,13,16H,8,11-12,14H2,1-4H3,(H2,21,22,23);1H. The van der Waals surface area contributed by atoms with Crippen LogP contribution in [0.15, 0.2) is 45.8 Å². The smallest absolute Gasteiger partial charge is 0.191 e. The van der Waals surface area contributed by atoms with Crippen LogP contribution in [0.3, 0.4) is 0 Å². The lowest BCUT2D eigenvalue weighted by Gasteiger charge is -2.14. The quantitative estimate of drug-likeness (QED) is 0.260. The zero-order chi connectivity index (χ0) is 18.1. The van der Waals surface area contributed by atoms with Gasteiger partial charge in [-0.05, 0) is 38.8 Å². The fourth-order valence-corrected chi connectivity index (χ4v) is 2.62. The molecule has 0 aliphatic heterocycles. The van der Waals surface area contributed by atoms with Gasteiger partial charge in [-0.2, -0.15) is 0 Å². The number of furan rings is 1. The molecule has 26 heavy (non-hydrogen) atoms. The molecule has 0 aliphatic rings. The molecule has 0 radical (unpaired) electrons. The molecule has 0 bridgehead atoms. The number of benzene rings is 1. The Labute approximate surface area is 173 Å². The van der Waals surface area contributed by atoms with Gasteiger partial charge in [0.25, 0.3) is 0 Å². The number of ether oxygens (including phenoxy) is 1. The lowest BCUT2D eigenvalue weighted by atomic mass is 10.1. The molecule has 2 rings (SSSR count). The van der Waals surface area contributed by atoms with Gasteiger partial charge in [0.05, 0.1) is 6.10 Å². The van der Waals surface area contributed by atoms with Crippen molar-refractivity contribution in [1.29, 1.82) is 0 Å². The number of hydrogen-bond acceptors (Lipinski definition) is 3. The predicted octanol–water partition coefficient (Wildman–Crippen LogP) is 4.35. The van der Waals surface area contributed by atoms with Gasteiger partial charge < -0.3 is 19.8 Å². The molecule has 1 heterocycles. The van der Waals surface area contributed by atoms with E-state index in [2.05, 4.69) is 40.7 Å². The molecule has 6 heteroatoms. The lowest BCUT2D eigenvalue weighted by molar-refractivity contribution is 0.0646. The maximum absolute atomic E-state index is 5.88. The van der Waals surface area contributed by atoms with Gasteiger partial charge in [-0.3, -0.25) is 4.99 Å². The van der Waals surface area contributed by atoms with E-state index >= 15 is 0 Å². The van der Waals surface area contributed by atoms with E-state index in [1.807, 2.05) is 32.0 Å². The average Bonchev–Trinajstić information content (AvgIpc) is 2.95. The van der Waals surface area contributed by atoms with Crippen LogP contribution < -0.4 is 10.6 Å². The minimum atomic E-state index is 0. The summed E-state index contributed by atoms with van der Waals surface area (Å²) in [5.41, 5.74) is 2.36. The molecule has 2 aromatic rings. The van der Waals surface area contributed by atoms with Gasteiger partial charge >= 0.3 is 0 Å². The molecular formula is C20H30IN3O2. The van der Waals surface area contributed by atoms with Crippen LogP contribution in [-0.2, 0) is 11.3 Å². The number of nitrogens with zero attached hydrogens (tertiary/aromatic N) is 1. The van der Waals surface area contributed by atoms with Crippen molar-refractivity contribution in [1.82, 2.24) is 10.6 Å². The number of aliphatic imine (C=N–C) groups is 1. The summed E-state index contributed by atoms with van der Waals surface area (Å²) in [6.45, 7) is 8.24. The van der Waals surface area contributed by atoms with Crippen molar-refractivity contribution in [2.75, 3.05) is 20.2 Å². The van der Waals surface area contributed by atoms with Crippen molar-refractivity contribution in [2.45, 2.75) is 39.8 Å². The molecule has 1 aromatic carbocycles. The maximum Gasteiger partial charge on any atom is 0.191 e. The Morgan fingerprint density at radius 2 is 1.92 bits per heavy atom. The summed E-state index contributed by atoms with van der Waals surface area (Å²) in [6.07, 6.45) is 1.03. The van der Waals surface area contributed by atoms with Crippen molar-refractivity contribution in [2.24, 2.45) is 4.99 Å². The first-order valence-electron chi connectivity index (χ1n) is 8.77. The number of nitrogens with one attached hydrogen (secondary N) is 2. The van der Waals surface area contributed by atoms with Crippen LogP contribution in [0.4, 0.5) is 0 Å². The zero-order valence-corrected chi connectivity index (χ0v) is 18.4. The SMILES string of the molecule is CN=C(NCCCOC(C)c1ccccc1)NCc1cc(C)oc1C.I. The molecule has 0 amide bonds. The number of aryl methyl sites for hydroxylation is 2. The molecular weight excluding hydrogens is 441 g/mol. The van der Waals surface area contributed by atoms with Gasteiger partial charge in [0.15, 0.2) is 5.96 Å². The fraction of sp³-hybridized carbons (Fsp3) is 0.450. The molecule has 1 atom stereocenters. The Morgan fingerprint density at radius 3 is 2.54 bits per heavy atom. The summed E-state index contributed by atoms with van der Waals surface area (Å²) < 4.78 is 11.4. The van der Waals surface area contributed by atoms with Gasteiger partial charge in [-0.1, -0.05) is 30.3 Å². The Kier molecular flexibility index (Phi) is 10.3. The van der Waals surface area contributed by atoms with Crippen LogP contribution in [0.25, 0.3) is 0 Å². The number of rotatable bonds is 8. The maximum atomic E-state index is 5.88. The summed E-state index contributed by atoms with van der Waals surface area (Å²) in [5, 5.41) is 6.61. The van der Waals surface area contributed by atoms with Crippen molar-refractivity contribution in [3.8, 4) is 0 Å². The molecule has 144 valence electrons. The summed E-state index contributed by atoms with van der Waals surface area (Å²) in [5.74, 6) is 2.67. The molecule has 0 saturated heterocycles. The zero-order valence-electron chi connectivity index (χ0n) is 16.0. The summed E-state index contributed by atoms with van der Waals surface area (Å²) in [4.78, 5) is 4.24. The van der Waals surface area contributed by atoms with E-state index in [0.29, 0.717) is 13.2 Å². The predicted molar refractivity (Wildman–Crippen MR) is 117 cm³/mol. The van der Waals surface area contributed by atoms with Crippen LogP contribution in [0.5, 0.6) is 0 Å². The van der Waals surface area contributed by atoms with Gasteiger partial charge in [0.1, 0.15) is 11.5 Å². The topological polar surface area (TPSA) is 58.8 Å². The molecule has 0 saturated carbocycles. The van der Waals surface area contributed by atoms with Crippen LogP contribution in [-0.4, -0.2) is 26.2 Å². The van der Waals surface area contributed by atoms with Crippen LogP contribution in [0, 0.1) is 13.8 Å². The third-order valence-electron chi connectivity index (χ3n) is 4.06. The van der Waals surface area contributed by atoms with Crippen molar-refractivity contribution in [3.63, 3.8) is 0 Å². The Balaban J connectivity index is 0.00000338. The summed E-state index contributed by atoms with van der Waals surface area (Å²) in [6, 6.07) is 12.3. The first-order chi connectivity index (χ1) is 12.1. The second kappa shape index (κ2) is 12.0. The molecule has 5 nitrogen and oxygen atoms in total. The Bertz CT molecular complexity index is 671. The number of halogens is 1. The highest BCUT2D eigenvalue weighted by Gasteiger charge is 2.06. The molecule has 2 N–H and O–H groups in total. The minimum absolute atomic E-state index is 0. The van der Waals surface area contributed by atoms with Gasteiger partial charge in [0, 0.05) is 32.3 Å². The van der Waals surface area contributed by atoms with Crippen molar-refractivity contribution >= 4 is 29.9 Å². The second-order valence-corrected chi connectivity index (χ2v) is 6.07. The van der Waals surface area contributed by atoms with Gasteiger partial charge in [-0.15, -0.1) is 24.0 Å². The highest BCUT2D eigenvalue weighted by molar-refractivity contribution is 14.0.